The molecule has 0 saturated carbocycles. The van der Waals surface area contributed by atoms with Crippen molar-refractivity contribution in [2.24, 2.45) is 0 Å². The van der Waals surface area contributed by atoms with E-state index in [0.29, 0.717) is 4.47 Å². The number of hydrogen-bond donors (Lipinski definition) is 1. The number of benzene rings is 2. The second kappa shape index (κ2) is 9.24. The smallest absolute Gasteiger partial charge is 0.331 e. The Hall–Kier alpha value is -2.78. The largest absolute Gasteiger partial charge is 0.452 e. The summed E-state index contributed by atoms with van der Waals surface area (Å²) in [7, 11) is 0. The second-order valence-corrected chi connectivity index (χ2v) is 6.43. The number of nitro benzene ring substituents is 1. The first kappa shape index (κ1) is 20.5. The predicted octanol–water partition coefficient (Wildman–Crippen LogP) is 4.34. The van der Waals surface area contributed by atoms with E-state index < -0.39 is 34.9 Å². The number of hydrogen-bond acceptors (Lipinski definition) is 5. The van der Waals surface area contributed by atoms with Gasteiger partial charge in [0, 0.05) is 27.2 Å². The van der Waals surface area contributed by atoms with Crippen LogP contribution in [-0.2, 0) is 14.3 Å². The molecule has 0 aromatic heterocycles. The van der Waals surface area contributed by atoms with Gasteiger partial charge in [-0.2, -0.15) is 0 Å². The van der Waals surface area contributed by atoms with Crippen molar-refractivity contribution in [3.8, 4) is 0 Å². The lowest BCUT2D eigenvalue weighted by atomic mass is 10.2. The van der Waals surface area contributed by atoms with Crippen molar-refractivity contribution in [3.63, 3.8) is 0 Å². The lowest BCUT2D eigenvalue weighted by Gasteiger charge is -2.06. The quantitative estimate of drug-likeness (QED) is 0.301. The molecule has 1 N–H and O–H groups in total. The van der Waals surface area contributed by atoms with E-state index in [1.807, 2.05) is 0 Å². The number of amides is 1. The summed E-state index contributed by atoms with van der Waals surface area (Å²) in [5.74, 6) is -2.19. The molecule has 27 heavy (non-hydrogen) atoms. The van der Waals surface area contributed by atoms with Gasteiger partial charge in [-0.1, -0.05) is 27.5 Å². The third-order valence-electron chi connectivity index (χ3n) is 3.13. The van der Waals surface area contributed by atoms with Crippen LogP contribution in [0.25, 0.3) is 6.08 Å². The number of halogens is 3. The van der Waals surface area contributed by atoms with Gasteiger partial charge < -0.3 is 10.1 Å². The van der Waals surface area contributed by atoms with E-state index in [0.717, 1.165) is 12.1 Å². The highest BCUT2D eigenvalue weighted by Crippen LogP contribution is 2.27. The van der Waals surface area contributed by atoms with E-state index in [1.54, 1.807) is 0 Å². The normalized spacial score (nSPS) is 10.6. The molecule has 0 fully saturated rings. The summed E-state index contributed by atoms with van der Waals surface area (Å²) < 4.78 is 18.9. The third kappa shape index (κ3) is 6.15. The summed E-state index contributed by atoms with van der Waals surface area (Å²) in [6.07, 6.45) is 2.16. The van der Waals surface area contributed by atoms with Crippen LogP contribution in [0.2, 0.25) is 5.02 Å². The van der Waals surface area contributed by atoms with Gasteiger partial charge in [0.15, 0.2) is 6.61 Å². The van der Waals surface area contributed by atoms with Crippen LogP contribution in [0.3, 0.4) is 0 Å². The number of ether oxygens (including phenoxy) is 1. The Morgan fingerprint density at radius 1 is 1.30 bits per heavy atom. The van der Waals surface area contributed by atoms with E-state index in [9.17, 15) is 24.1 Å². The van der Waals surface area contributed by atoms with Crippen LogP contribution in [0.5, 0.6) is 0 Å². The van der Waals surface area contributed by atoms with Crippen LogP contribution in [-0.4, -0.2) is 23.4 Å². The van der Waals surface area contributed by atoms with Crippen molar-refractivity contribution in [1.82, 2.24) is 0 Å². The number of carbonyl (C=O) groups excluding carboxylic acids is 2. The number of nitrogens with one attached hydrogen (secondary N) is 1. The highest BCUT2D eigenvalue weighted by atomic mass is 79.9. The fourth-order valence-electron chi connectivity index (χ4n) is 1.93. The Kier molecular flexibility index (Phi) is 7.03. The summed E-state index contributed by atoms with van der Waals surface area (Å²) in [5.41, 5.74) is -0.327. The monoisotopic (exact) mass is 456 g/mol. The Morgan fingerprint density at radius 3 is 2.74 bits per heavy atom. The average molecular weight is 458 g/mol. The molecule has 2 aromatic rings. The second-order valence-electron chi connectivity index (χ2n) is 5.07. The third-order valence-corrected chi connectivity index (χ3v) is 3.86. The molecule has 0 bridgehead atoms. The molecule has 0 aliphatic heterocycles. The van der Waals surface area contributed by atoms with Gasteiger partial charge in [0.05, 0.1) is 4.92 Å². The molecule has 0 atom stereocenters. The van der Waals surface area contributed by atoms with Crippen LogP contribution < -0.4 is 5.32 Å². The zero-order valence-corrected chi connectivity index (χ0v) is 15.8. The first-order valence-electron chi connectivity index (χ1n) is 7.30. The van der Waals surface area contributed by atoms with Crippen LogP contribution in [0.15, 0.2) is 46.9 Å². The molecule has 7 nitrogen and oxygen atoms in total. The molecule has 0 aliphatic carbocycles. The molecule has 1 amide bonds. The van der Waals surface area contributed by atoms with Crippen LogP contribution in [0, 0.1) is 15.9 Å². The molecule has 0 radical (unpaired) electrons. The maximum absolute atomic E-state index is 13.6. The summed E-state index contributed by atoms with van der Waals surface area (Å²) in [5, 5.41) is 13.4. The Balaban J connectivity index is 1.94. The standard InChI is InChI=1S/C17H11BrClFN2O5/c18-11-2-4-13(20)10(7-11)1-6-17(24)27-9-16(23)21-14-5-3-12(19)8-15(14)22(25)26/h1-8H,9H2,(H,21,23)/b6-1+. The van der Waals surface area contributed by atoms with Crippen LogP contribution in [0.4, 0.5) is 15.8 Å². The van der Waals surface area contributed by atoms with Crippen molar-refractivity contribution in [1.29, 1.82) is 0 Å². The maximum atomic E-state index is 13.6. The number of anilines is 1. The van der Waals surface area contributed by atoms with Crippen molar-refractivity contribution in [2.45, 2.75) is 0 Å². The van der Waals surface area contributed by atoms with Crippen LogP contribution in [0.1, 0.15) is 5.56 Å². The molecular formula is C17H11BrClFN2O5. The highest BCUT2D eigenvalue weighted by molar-refractivity contribution is 9.10. The lowest BCUT2D eigenvalue weighted by molar-refractivity contribution is -0.383. The number of nitro groups is 1. The van der Waals surface area contributed by atoms with Gasteiger partial charge in [0.1, 0.15) is 11.5 Å². The first-order chi connectivity index (χ1) is 12.8. The van der Waals surface area contributed by atoms with Crippen molar-refractivity contribution in [2.75, 3.05) is 11.9 Å². The Bertz CT molecular complexity index is 936. The summed E-state index contributed by atoms with van der Waals surface area (Å²) in [6, 6.07) is 7.90. The topological polar surface area (TPSA) is 98.5 Å². The zero-order valence-electron chi connectivity index (χ0n) is 13.4. The van der Waals surface area contributed by atoms with E-state index in [2.05, 4.69) is 21.2 Å². The molecule has 2 aromatic carbocycles. The molecule has 10 heteroatoms. The lowest BCUT2D eigenvalue weighted by Crippen LogP contribution is -2.20. The molecule has 0 spiro atoms. The van der Waals surface area contributed by atoms with Gasteiger partial charge in [-0.3, -0.25) is 14.9 Å². The molecule has 0 aliphatic rings. The Labute approximate surface area is 166 Å². The fourth-order valence-corrected chi connectivity index (χ4v) is 2.48. The minimum atomic E-state index is -0.880. The molecule has 140 valence electrons. The van der Waals surface area contributed by atoms with Crippen LogP contribution >= 0.6 is 27.5 Å². The number of nitrogens with zero attached hydrogens (tertiary/aromatic N) is 1. The molecule has 0 saturated heterocycles. The van der Waals surface area contributed by atoms with Gasteiger partial charge >= 0.3 is 5.97 Å². The van der Waals surface area contributed by atoms with Gasteiger partial charge in [-0.25, -0.2) is 9.18 Å². The molecule has 0 heterocycles. The van der Waals surface area contributed by atoms with Gasteiger partial charge in [0.25, 0.3) is 11.6 Å². The van der Waals surface area contributed by atoms with Gasteiger partial charge in [-0.05, 0) is 36.4 Å². The minimum Gasteiger partial charge on any atom is -0.452 e. The number of rotatable bonds is 6. The maximum Gasteiger partial charge on any atom is 0.331 e. The molecule has 0 unspecified atom stereocenters. The van der Waals surface area contributed by atoms with Crippen molar-refractivity contribution >= 4 is 56.9 Å². The average Bonchev–Trinajstić information content (AvgIpc) is 2.62. The predicted molar refractivity (Wildman–Crippen MR) is 101 cm³/mol. The number of esters is 1. The first-order valence-corrected chi connectivity index (χ1v) is 8.47. The number of carbonyl (C=O) groups is 2. The van der Waals surface area contributed by atoms with E-state index >= 15 is 0 Å². The fraction of sp³-hybridized carbons (Fsp3) is 0.0588. The molecule has 2 rings (SSSR count). The summed E-state index contributed by atoms with van der Waals surface area (Å²) in [4.78, 5) is 33.7. The summed E-state index contributed by atoms with van der Waals surface area (Å²) >= 11 is 8.86. The van der Waals surface area contributed by atoms with Crippen molar-refractivity contribution < 1.29 is 23.6 Å². The van der Waals surface area contributed by atoms with Crippen molar-refractivity contribution in [3.05, 3.63) is 73.5 Å². The highest BCUT2D eigenvalue weighted by Gasteiger charge is 2.17. The Morgan fingerprint density at radius 2 is 2.04 bits per heavy atom. The van der Waals surface area contributed by atoms with Gasteiger partial charge in [-0.15, -0.1) is 0 Å². The zero-order chi connectivity index (χ0) is 20.0. The van der Waals surface area contributed by atoms with E-state index in [-0.39, 0.29) is 16.3 Å². The van der Waals surface area contributed by atoms with E-state index in [4.69, 9.17) is 16.3 Å². The van der Waals surface area contributed by atoms with E-state index in [1.165, 1.54) is 36.4 Å². The molecular weight excluding hydrogens is 447 g/mol. The van der Waals surface area contributed by atoms with Gasteiger partial charge in [0.2, 0.25) is 0 Å². The minimum absolute atomic E-state index is 0.0859. The summed E-state index contributed by atoms with van der Waals surface area (Å²) in [6.45, 7) is -0.677. The SMILES string of the molecule is O=C(COC(=O)/C=C/c1cc(Br)ccc1F)Nc1ccc(Cl)cc1[N+](=O)[O-].